The molecule has 0 aliphatic rings. The minimum Gasteiger partial charge on any atom is -0.493 e. The number of hydrazone groups is 1. The molecular weight excluding hydrogens is 413 g/mol. The van der Waals surface area contributed by atoms with Crippen molar-refractivity contribution in [2.24, 2.45) is 10.8 Å². The molecule has 1 heterocycles. The van der Waals surface area contributed by atoms with Gasteiger partial charge >= 0.3 is 0 Å². The second kappa shape index (κ2) is 8.03. The summed E-state index contributed by atoms with van der Waals surface area (Å²) in [6, 6.07) is 8.00. The molecule has 3 rings (SSSR count). The van der Waals surface area contributed by atoms with E-state index in [0.717, 1.165) is 10.0 Å². The first-order valence-corrected chi connectivity index (χ1v) is 10.1. The molecule has 0 saturated carbocycles. The minimum absolute atomic E-state index is 0.0654. The summed E-state index contributed by atoms with van der Waals surface area (Å²) in [5, 5.41) is 11.6. The van der Waals surface area contributed by atoms with Gasteiger partial charge in [0.15, 0.2) is 11.5 Å². The van der Waals surface area contributed by atoms with Crippen molar-refractivity contribution in [2.45, 2.75) is 11.8 Å². The zero-order valence-electron chi connectivity index (χ0n) is 16.4. The van der Waals surface area contributed by atoms with Crippen LogP contribution < -0.4 is 20.6 Å². The molecule has 0 aliphatic heterocycles. The average Bonchev–Trinajstić information content (AvgIpc) is 3.10. The van der Waals surface area contributed by atoms with Crippen molar-refractivity contribution in [3.63, 3.8) is 0 Å². The van der Waals surface area contributed by atoms with Gasteiger partial charge in [0.1, 0.15) is 5.82 Å². The second-order valence-electron chi connectivity index (χ2n) is 6.24. The normalized spacial score (nSPS) is 12.1. The number of nitrogens with one attached hydrogen (secondary N) is 2. The van der Waals surface area contributed by atoms with E-state index in [0.29, 0.717) is 22.4 Å². The quantitative estimate of drug-likeness (QED) is 0.310. The van der Waals surface area contributed by atoms with Crippen molar-refractivity contribution >= 4 is 32.6 Å². The molecule has 30 heavy (non-hydrogen) atoms. The molecule has 2 aromatic carbocycles. The summed E-state index contributed by atoms with van der Waals surface area (Å²) in [7, 11) is -1.27. The molecular formula is C19H20FN5O4S. The molecule has 9 nitrogen and oxygen atoms in total. The van der Waals surface area contributed by atoms with Crippen molar-refractivity contribution in [3.05, 3.63) is 54.0 Å². The molecule has 4 N–H and O–H groups in total. The van der Waals surface area contributed by atoms with Crippen LogP contribution in [-0.2, 0) is 10.0 Å². The number of guanidine groups is 1. The highest BCUT2D eigenvalue weighted by Crippen LogP contribution is 2.32. The molecule has 0 saturated heterocycles. The van der Waals surface area contributed by atoms with Gasteiger partial charge in [0.05, 0.1) is 30.3 Å². The van der Waals surface area contributed by atoms with Gasteiger partial charge in [-0.15, -0.1) is 0 Å². The second-order valence-corrected chi connectivity index (χ2v) is 8.06. The Hall–Kier alpha value is -3.60. The largest absolute Gasteiger partial charge is 0.493 e. The van der Waals surface area contributed by atoms with Gasteiger partial charge in [0.25, 0.3) is 10.0 Å². The number of methoxy groups -OCH3 is 2. The van der Waals surface area contributed by atoms with E-state index in [1.807, 2.05) is 0 Å². The highest BCUT2D eigenvalue weighted by Gasteiger charge is 2.24. The molecule has 0 fully saturated rings. The number of rotatable bonds is 6. The number of hydrogen-bond acceptors (Lipinski definition) is 6. The first-order chi connectivity index (χ1) is 14.2. The van der Waals surface area contributed by atoms with E-state index in [2.05, 4.69) is 10.5 Å². The van der Waals surface area contributed by atoms with Crippen LogP contribution in [-0.4, -0.2) is 38.3 Å². The third-order valence-electron chi connectivity index (χ3n) is 4.38. The summed E-state index contributed by atoms with van der Waals surface area (Å²) in [4.78, 5) is -0.0654. The number of hydrogen-bond donors (Lipinski definition) is 3. The van der Waals surface area contributed by atoms with Crippen LogP contribution in [0.5, 0.6) is 11.5 Å². The smallest absolute Gasteiger partial charge is 0.268 e. The molecule has 3 aromatic rings. The average molecular weight is 433 g/mol. The van der Waals surface area contributed by atoms with Crippen molar-refractivity contribution in [2.75, 3.05) is 14.2 Å². The van der Waals surface area contributed by atoms with Gasteiger partial charge in [-0.3, -0.25) is 5.41 Å². The standard InChI is InChI=1S/C19H20FN5O4S/c1-11(23-24-19(21)22)15-10-25(16-8-12(20)4-6-14(15)16)30(26,27)13-5-7-17(28-2)18(9-13)29-3/h4-10H,1-3H3,(H4,21,22,24)/b23-11-. The maximum atomic E-state index is 14.0. The van der Waals surface area contributed by atoms with Gasteiger partial charge in [0, 0.05) is 23.2 Å². The van der Waals surface area contributed by atoms with Crippen LogP contribution in [0.25, 0.3) is 10.9 Å². The van der Waals surface area contributed by atoms with E-state index in [1.165, 1.54) is 50.7 Å². The summed E-state index contributed by atoms with van der Waals surface area (Å²) >= 11 is 0. The Kier molecular flexibility index (Phi) is 5.65. The lowest BCUT2D eigenvalue weighted by Crippen LogP contribution is -2.26. The Balaban J connectivity index is 2.24. The molecule has 0 amide bonds. The number of nitrogens with two attached hydrogens (primary N) is 1. The van der Waals surface area contributed by atoms with Gasteiger partial charge in [-0.05, 0) is 37.3 Å². The van der Waals surface area contributed by atoms with Crippen molar-refractivity contribution in [1.29, 1.82) is 5.41 Å². The number of ether oxygens (including phenoxy) is 2. The van der Waals surface area contributed by atoms with E-state index >= 15 is 0 Å². The third kappa shape index (κ3) is 3.79. The Morgan fingerprint density at radius 3 is 2.50 bits per heavy atom. The number of benzene rings is 2. The van der Waals surface area contributed by atoms with Crippen LogP contribution in [0.1, 0.15) is 12.5 Å². The van der Waals surface area contributed by atoms with E-state index < -0.39 is 15.8 Å². The van der Waals surface area contributed by atoms with Gasteiger partial charge in [0.2, 0.25) is 5.96 Å². The maximum absolute atomic E-state index is 14.0. The Morgan fingerprint density at radius 1 is 1.17 bits per heavy atom. The molecule has 0 spiro atoms. The molecule has 0 bridgehead atoms. The van der Waals surface area contributed by atoms with Crippen LogP contribution in [0.15, 0.2) is 52.6 Å². The lowest BCUT2D eigenvalue weighted by molar-refractivity contribution is 0.354. The SMILES string of the molecule is COc1ccc(S(=O)(=O)n2cc(/C(C)=N\NC(=N)N)c3ccc(F)cc32)cc1OC. The Bertz CT molecular complexity index is 1270. The molecule has 0 atom stereocenters. The van der Waals surface area contributed by atoms with E-state index in [9.17, 15) is 12.8 Å². The first-order valence-electron chi connectivity index (χ1n) is 8.62. The topological polar surface area (TPSA) is 132 Å². The zero-order valence-corrected chi connectivity index (χ0v) is 17.2. The maximum Gasteiger partial charge on any atom is 0.268 e. The summed E-state index contributed by atoms with van der Waals surface area (Å²) in [6.07, 6.45) is 1.34. The highest BCUT2D eigenvalue weighted by atomic mass is 32.2. The van der Waals surface area contributed by atoms with Crippen LogP contribution in [0.3, 0.4) is 0 Å². The number of halogens is 1. The molecule has 0 radical (unpaired) electrons. The van der Waals surface area contributed by atoms with Crippen LogP contribution >= 0.6 is 0 Å². The summed E-state index contributed by atoms with van der Waals surface area (Å²) in [5.74, 6) is -0.349. The van der Waals surface area contributed by atoms with Crippen LogP contribution in [0.4, 0.5) is 4.39 Å². The van der Waals surface area contributed by atoms with Crippen molar-refractivity contribution in [3.8, 4) is 11.5 Å². The summed E-state index contributed by atoms with van der Waals surface area (Å²) in [5.41, 5.74) is 8.49. The number of aromatic nitrogens is 1. The molecule has 1 aromatic heterocycles. The molecule has 0 aliphatic carbocycles. The van der Waals surface area contributed by atoms with Gasteiger partial charge in [-0.2, -0.15) is 5.10 Å². The van der Waals surface area contributed by atoms with E-state index in [4.69, 9.17) is 20.6 Å². The Labute approximate surface area is 172 Å². The fourth-order valence-electron chi connectivity index (χ4n) is 2.95. The van der Waals surface area contributed by atoms with Crippen LogP contribution in [0.2, 0.25) is 0 Å². The van der Waals surface area contributed by atoms with Gasteiger partial charge in [-0.1, -0.05) is 0 Å². The molecule has 158 valence electrons. The van der Waals surface area contributed by atoms with Crippen molar-refractivity contribution < 1.29 is 22.3 Å². The zero-order chi connectivity index (χ0) is 22.1. The highest BCUT2D eigenvalue weighted by molar-refractivity contribution is 7.90. The first kappa shape index (κ1) is 21.1. The van der Waals surface area contributed by atoms with Crippen LogP contribution in [0, 0.1) is 11.2 Å². The van der Waals surface area contributed by atoms with Gasteiger partial charge in [-0.25, -0.2) is 22.2 Å². The van der Waals surface area contributed by atoms with E-state index in [-0.39, 0.29) is 22.1 Å². The number of nitrogens with zero attached hydrogens (tertiary/aromatic N) is 2. The molecule has 0 unspecified atom stereocenters. The fraction of sp³-hybridized carbons (Fsp3) is 0.158. The predicted molar refractivity (Wildman–Crippen MR) is 111 cm³/mol. The minimum atomic E-state index is -4.11. The summed E-state index contributed by atoms with van der Waals surface area (Å²) in [6.45, 7) is 1.61. The molecule has 11 heteroatoms. The fourth-order valence-corrected chi connectivity index (χ4v) is 4.33. The van der Waals surface area contributed by atoms with E-state index in [1.54, 1.807) is 6.92 Å². The van der Waals surface area contributed by atoms with Gasteiger partial charge < -0.3 is 15.2 Å². The predicted octanol–water partition coefficient (Wildman–Crippen LogP) is 2.24. The monoisotopic (exact) mass is 433 g/mol. The lowest BCUT2D eigenvalue weighted by atomic mass is 10.1. The number of fused-ring (bicyclic) bond motifs is 1. The Morgan fingerprint density at radius 2 is 1.87 bits per heavy atom. The third-order valence-corrected chi connectivity index (χ3v) is 6.05. The lowest BCUT2D eigenvalue weighted by Gasteiger charge is -2.11. The van der Waals surface area contributed by atoms with Crippen molar-refractivity contribution in [1.82, 2.24) is 9.40 Å². The summed E-state index contributed by atoms with van der Waals surface area (Å²) < 4.78 is 52.0.